The predicted molar refractivity (Wildman–Crippen MR) is 71.1 cm³/mol. The van der Waals surface area contributed by atoms with Crippen LogP contribution >= 0.6 is 11.6 Å². The highest BCUT2D eigenvalue weighted by atomic mass is 35.5. The molecule has 3 rings (SSSR count). The van der Waals surface area contributed by atoms with Gasteiger partial charge < -0.3 is 9.51 Å². The molecule has 0 atom stereocenters. The Hall–Kier alpha value is -2.00. The van der Waals surface area contributed by atoms with Crippen molar-refractivity contribution in [2.75, 3.05) is 0 Å². The minimum absolute atomic E-state index is 0.288. The highest BCUT2D eigenvalue weighted by Crippen LogP contribution is 2.22. The van der Waals surface area contributed by atoms with E-state index in [0.717, 1.165) is 16.9 Å². The number of halogens is 1. The Morgan fingerprint density at radius 3 is 2.83 bits per heavy atom. The van der Waals surface area contributed by atoms with Gasteiger partial charge in [0.25, 0.3) is 0 Å². The standard InChI is InChI=1S/C14H11ClN2O/c15-11-5-3-7-17-12(11)9-16-14(17)8-10-4-1-2-6-13(10)18/h1-7,9,18H,8H2. The van der Waals surface area contributed by atoms with Gasteiger partial charge in [-0.15, -0.1) is 0 Å². The number of phenols is 1. The summed E-state index contributed by atoms with van der Waals surface area (Å²) in [7, 11) is 0. The summed E-state index contributed by atoms with van der Waals surface area (Å²) in [4.78, 5) is 4.36. The molecule has 1 N–H and O–H groups in total. The molecule has 1 aromatic carbocycles. The van der Waals surface area contributed by atoms with E-state index in [1.165, 1.54) is 0 Å². The molecule has 0 unspecified atom stereocenters. The van der Waals surface area contributed by atoms with Crippen molar-refractivity contribution in [3.63, 3.8) is 0 Å². The third-order valence-corrected chi connectivity index (χ3v) is 3.26. The molecule has 0 spiro atoms. The van der Waals surface area contributed by atoms with Gasteiger partial charge in [-0.3, -0.25) is 0 Å². The molecule has 18 heavy (non-hydrogen) atoms. The summed E-state index contributed by atoms with van der Waals surface area (Å²) in [6, 6.07) is 11.0. The summed E-state index contributed by atoms with van der Waals surface area (Å²) in [6.45, 7) is 0. The van der Waals surface area contributed by atoms with E-state index in [1.807, 2.05) is 34.9 Å². The van der Waals surface area contributed by atoms with Crippen LogP contribution in [-0.4, -0.2) is 14.5 Å². The van der Waals surface area contributed by atoms with Gasteiger partial charge in [-0.05, 0) is 18.2 Å². The molecule has 0 fully saturated rings. The Kier molecular flexibility index (Phi) is 2.68. The van der Waals surface area contributed by atoms with Crippen molar-refractivity contribution >= 4 is 17.1 Å². The minimum Gasteiger partial charge on any atom is -0.508 e. The van der Waals surface area contributed by atoms with Gasteiger partial charge in [0.1, 0.15) is 11.6 Å². The van der Waals surface area contributed by atoms with Crippen molar-refractivity contribution < 1.29 is 5.11 Å². The molecule has 3 nitrogen and oxygen atoms in total. The van der Waals surface area contributed by atoms with Crippen molar-refractivity contribution in [1.29, 1.82) is 0 Å². The zero-order valence-corrected chi connectivity index (χ0v) is 10.3. The van der Waals surface area contributed by atoms with Crippen molar-refractivity contribution in [1.82, 2.24) is 9.38 Å². The Morgan fingerprint density at radius 2 is 2.00 bits per heavy atom. The average molecular weight is 259 g/mol. The van der Waals surface area contributed by atoms with Crippen LogP contribution in [-0.2, 0) is 6.42 Å². The Labute approximate surface area is 109 Å². The normalized spacial score (nSPS) is 10.9. The molecular weight excluding hydrogens is 248 g/mol. The third kappa shape index (κ3) is 1.83. The maximum Gasteiger partial charge on any atom is 0.119 e. The molecule has 0 saturated heterocycles. The number of imidazole rings is 1. The molecule has 2 aromatic heterocycles. The fraction of sp³-hybridized carbons (Fsp3) is 0.0714. The first-order chi connectivity index (χ1) is 8.75. The monoisotopic (exact) mass is 258 g/mol. The lowest BCUT2D eigenvalue weighted by molar-refractivity contribution is 0.469. The molecule has 0 radical (unpaired) electrons. The van der Waals surface area contributed by atoms with Gasteiger partial charge in [0.15, 0.2) is 0 Å². The maximum atomic E-state index is 9.77. The van der Waals surface area contributed by atoms with Crippen LogP contribution < -0.4 is 0 Å². The fourth-order valence-electron chi connectivity index (χ4n) is 2.00. The van der Waals surface area contributed by atoms with Gasteiger partial charge in [-0.1, -0.05) is 29.8 Å². The van der Waals surface area contributed by atoms with Gasteiger partial charge in [-0.2, -0.15) is 0 Å². The largest absolute Gasteiger partial charge is 0.508 e. The lowest BCUT2D eigenvalue weighted by atomic mass is 10.1. The highest BCUT2D eigenvalue weighted by Gasteiger charge is 2.08. The van der Waals surface area contributed by atoms with E-state index in [9.17, 15) is 5.11 Å². The number of rotatable bonds is 2. The number of fused-ring (bicyclic) bond motifs is 1. The van der Waals surface area contributed by atoms with Gasteiger partial charge >= 0.3 is 0 Å². The summed E-state index contributed by atoms with van der Waals surface area (Å²) in [6.07, 6.45) is 4.24. The van der Waals surface area contributed by atoms with Crippen molar-refractivity contribution in [3.8, 4) is 5.75 Å². The second-order valence-electron chi connectivity index (χ2n) is 4.09. The Bertz CT molecular complexity index is 706. The fourth-order valence-corrected chi connectivity index (χ4v) is 2.22. The quantitative estimate of drug-likeness (QED) is 0.766. The maximum absolute atomic E-state index is 9.77. The van der Waals surface area contributed by atoms with E-state index < -0.39 is 0 Å². The molecule has 0 aliphatic carbocycles. The number of hydrogen-bond donors (Lipinski definition) is 1. The molecule has 2 heterocycles. The molecule has 0 saturated carbocycles. The summed E-state index contributed by atoms with van der Waals surface area (Å²) < 4.78 is 1.94. The minimum atomic E-state index is 0.288. The van der Waals surface area contributed by atoms with E-state index in [2.05, 4.69) is 4.98 Å². The summed E-state index contributed by atoms with van der Waals surface area (Å²) >= 11 is 6.09. The zero-order chi connectivity index (χ0) is 12.5. The smallest absolute Gasteiger partial charge is 0.119 e. The molecule has 90 valence electrons. The number of aromatic nitrogens is 2. The van der Waals surface area contributed by atoms with Crippen LogP contribution in [0.4, 0.5) is 0 Å². The first kappa shape index (κ1) is 11.1. The van der Waals surface area contributed by atoms with Crippen LogP contribution in [0.1, 0.15) is 11.4 Å². The van der Waals surface area contributed by atoms with E-state index >= 15 is 0 Å². The van der Waals surface area contributed by atoms with Gasteiger partial charge in [0.2, 0.25) is 0 Å². The Morgan fingerprint density at radius 1 is 1.17 bits per heavy atom. The van der Waals surface area contributed by atoms with Gasteiger partial charge in [-0.25, -0.2) is 4.98 Å². The number of phenolic OH excluding ortho intramolecular Hbond substituents is 1. The summed E-state index contributed by atoms with van der Waals surface area (Å²) in [5.41, 5.74) is 1.73. The van der Waals surface area contributed by atoms with Crippen LogP contribution in [0, 0.1) is 0 Å². The number of benzene rings is 1. The number of hydrogen-bond acceptors (Lipinski definition) is 2. The summed E-state index contributed by atoms with van der Waals surface area (Å²) in [5, 5.41) is 10.4. The SMILES string of the molecule is Oc1ccccc1Cc1ncc2c(Cl)cccn12. The number of aromatic hydroxyl groups is 1. The molecule has 3 aromatic rings. The predicted octanol–water partition coefficient (Wildman–Crippen LogP) is 3.28. The molecule has 0 bridgehead atoms. The average Bonchev–Trinajstić information content (AvgIpc) is 2.77. The van der Waals surface area contributed by atoms with Crippen LogP contribution in [0.25, 0.3) is 5.52 Å². The van der Waals surface area contributed by atoms with Crippen molar-refractivity contribution in [2.24, 2.45) is 0 Å². The molecule has 0 aliphatic rings. The first-order valence-electron chi connectivity index (χ1n) is 5.63. The zero-order valence-electron chi connectivity index (χ0n) is 9.55. The van der Waals surface area contributed by atoms with E-state index in [0.29, 0.717) is 11.4 Å². The van der Waals surface area contributed by atoms with Crippen LogP contribution in [0.3, 0.4) is 0 Å². The lowest BCUT2D eigenvalue weighted by Crippen LogP contribution is -1.96. The van der Waals surface area contributed by atoms with E-state index in [1.54, 1.807) is 18.3 Å². The molecular formula is C14H11ClN2O. The number of nitrogens with zero attached hydrogens (tertiary/aromatic N) is 2. The van der Waals surface area contributed by atoms with Gasteiger partial charge in [0, 0.05) is 18.2 Å². The van der Waals surface area contributed by atoms with Crippen LogP contribution in [0.15, 0.2) is 48.8 Å². The topological polar surface area (TPSA) is 37.5 Å². The van der Waals surface area contributed by atoms with Crippen LogP contribution in [0.5, 0.6) is 5.75 Å². The van der Waals surface area contributed by atoms with Crippen molar-refractivity contribution in [3.05, 3.63) is 65.2 Å². The summed E-state index contributed by atoms with van der Waals surface area (Å²) in [5.74, 6) is 1.14. The van der Waals surface area contributed by atoms with Crippen molar-refractivity contribution in [2.45, 2.75) is 6.42 Å². The lowest BCUT2D eigenvalue weighted by Gasteiger charge is -2.04. The second kappa shape index (κ2) is 4.35. The highest BCUT2D eigenvalue weighted by molar-refractivity contribution is 6.33. The van der Waals surface area contributed by atoms with E-state index in [4.69, 9.17) is 11.6 Å². The number of pyridine rings is 1. The van der Waals surface area contributed by atoms with E-state index in [-0.39, 0.29) is 5.75 Å². The Balaban J connectivity index is 2.06. The van der Waals surface area contributed by atoms with Crippen LogP contribution in [0.2, 0.25) is 5.02 Å². The molecule has 0 amide bonds. The first-order valence-corrected chi connectivity index (χ1v) is 6.01. The number of para-hydroxylation sites is 1. The molecule has 0 aliphatic heterocycles. The molecule has 4 heteroatoms. The van der Waals surface area contributed by atoms with Gasteiger partial charge in [0.05, 0.1) is 16.7 Å². The third-order valence-electron chi connectivity index (χ3n) is 2.94. The second-order valence-corrected chi connectivity index (χ2v) is 4.50.